The van der Waals surface area contributed by atoms with E-state index < -0.39 is 39.0 Å². The number of carbonyl (C=O) groups is 2. The summed E-state index contributed by atoms with van der Waals surface area (Å²) in [5.74, 6) is -6.81. The van der Waals surface area contributed by atoms with Crippen molar-refractivity contribution < 1.29 is 44.3 Å². The Morgan fingerprint density at radius 1 is 0.880 bits per heavy atom. The first-order valence-corrected chi connectivity index (χ1v) is 8.15. The van der Waals surface area contributed by atoms with Crippen LogP contribution >= 0.6 is 11.6 Å². The maximum absolute atomic E-state index is 11.6. The summed E-state index contributed by atoms with van der Waals surface area (Å²) in [5.41, 5.74) is 0. The van der Waals surface area contributed by atoms with E-state index in [1.54, 1.807) is 26.0 Å². The number of benzene rings is 1. The van der Waals surface area contributed by atoms with Crippen molar-refractivity contribution >= 4 is 33.0 Å². The van der Waals surface area contributed by atoms with Gasteiger partial charge in [-0.1, -0.05) is 11.6 Å². The first-order valence-electron chi connectivity index (χ1n) is 6.23. The highest BCUT2D eigenvalue weighted by atomic mass is 35.5. The van der Waals surface area contributed by atoms with Crippen molar-refractivity contribution in [2.45, 2.75) is 36.3 Å². The summed E-state index contributed by atoms with van der Waals surface area (Å²) in [6, 6.07) is 6.21. The molecule has 1 aromatic carbocycles. The van der Waals surface area contributed by atoms with Crippen LogP contribution in [0.25, 0.3) is 0 Å². The number of hydrogen-bond acceptors (Lipinski definition) is 4. The zero-order valence-corrected chi connectivity index (χ0v) is 14.1. The Balaban J connectivity index is 0.000000463. The van der Waals surface area contributed by atoms with Crippen molar-refractivity contribution in [3.8, 4) is 0 Å². The van der Waals surface area contributed by atoms with Crippen LogP contribution < -0.4 is 0 Å². The largest absolute Gasteiger partial charge is 0.458 e. The smallest absolute Gasteiger partial charge is 0.280 e. The number of hydrogen-bond donors (Lipinski definition) is 0. The van der Waals surface area contributed by atoms with E-state index >= 15 is 0 Å². The number of halogens is 7. The zero-order chi connectivity index (χ0) is 20.2. The number of rotatable bonds is 3. The molecule has 1 aromatic rings. The molecule has 0 radical (unpaired) electrons. The highest BCUT2D eigenvalue weighted by molar-refractivity contribution is 7.92. The second kappa shape index (κ2) is 8.17. The molecular weight excluding hydrogens is 402 g/mol. The van der Waals surface area contributed by atoms with Crippen molar-refractivity contribution in [2.75, 3.05) is 0 Å². The molecule has 0 amide bonds. The second-order valence-electron chi connectivity index (χ2n) is 4.70. The number of sulfone groups is 1. The minimum Gasteiger partial charge on any atom is -0.280 e. The summed E-state index contributed by atoms with van der Waals surface area (Å²) < 4.78 is 90.2. The highest BCUT2D eigenvalue weighted by Crippen LogP contribution is 2.24. The number of alkyl halides is 6. The van der Waals surface area contributed by atoms with Crippen LogP contribution in [0.5, 0.6) is 0 Å². The minimum absolute atomic E-state index is 0.326. The molecule has 25 heavy (non-hydrogen) atoms. The third-order valence-electron chi connectivity index (χ3n) is 2.48. The van der Waals surface area contributed by atoms with Crippen LogP contribution in [0.2, 0.25) is 5.02 Å². The summed E-state index contributed by atoms with van der Waals surface area (Å²) >= 11 is 5.65. The van der Waals surface area contributed by atoms with Crippen LogP contribution in [0.1, 0.15) is 13.8 Å². The molecule has 0 saturated carbocycles. The quantitative estimate of drug-likeness (QED) is 0.560. The van der Waals surface area contributed by atoms with E-state index in [1.165, 1.54) is 12.1 Å². The lowest BCUT2D eigenvalue weighted by Gasteiger charge is -2.06. The molecule has 1 rings (SSSR count). The Morgan fingerprint density at radius 2 is 1.20 bits per heavy atom. The molecule has 142 valence electrons. The minimum atomic E-state index is -5.77. The van der Waals surface area contributed by atoms with Crippen molar-refractivity contribution in [3.05, 3.63) is 29.3 Å². The maximum atomic E-state index is 11.6. The SMILES string of the molecule is CC(C)S(=O)(=O)c1ccc(Cl)cc1.O=C(C(=O)C(F)(F)F)C(F)(F)F. The van der Waals surface area contributed by atoms with Gasteiger partial charge < -0.3 is 0 Å². The standard InChI is InChI=1S/C9H11ClO2S.C4F6O2/c1-7(2)13(11,12)9-5-3-8(10)4-6-9;5-3(6,7)1(11)2(12)4(8,9)10/h3-7H,1-2H3;. The molecule has 0 spiro atoms. The van der Waals surface area contributed by atoms with Gasteiger partial charge in [-0.2, -0.15) is 26.3 Å². The van der Waals surface area contributed by atoms with Gasteiger partial charge in [-0.15, -0.1) is 0 Å². The molecule has 0 bridgehead atoms. The molecule has 4 nitrogen and oxygen atoms in total. The van der Waals surface area contributed by atoms with Gasteiger partial charge in [0.1, 0.15) is 0 Å². The summed E-state index contributed by atoms with van der Waals surface area (Å²) in [6.45, 7) is 3.31. The summed E-state index contributed by atoms with van der Waals surface area (Å²) in [6.07, 6.45) is -11.5. The molecule has 0 heterocycles. The highest BCUT2D eigenvalue weighted by Gasteiger charge is 2.54. The number of carbonyl (C=O) groups excluding carboxylic acids is 2. The number of ketones is 2. The van der Waals surface area contributed by atoms with Gasteiger partial charge in [0.05, 0.1) is 10.1 Å². The van der Waals surface area contributed by atoms with Crippen molar-refractivity contribution in [1.29, 1.82) is 0 Å². The van der Waals surface area contributed by atoms with Crippen LogP contribution in [0.3, 0.4) is 0 Å². The maximum Gasteiger partial charge on any atom is 0.458 e. The normalized spacial score (nSPS) is 12.4. The average molecular weight is 413 g/mol. The topological polar surface area (TPSA) is 68.3 Å². The van der Waals surface area contributed by atoms with Crippen molar-refractivity contribution in [2.24, 2.45) is 0 Å². The second-order valence-corrected chi connectivity index (χ2v) is 7.64. The Hall–Kier alpha value is -1.62. The lowest BCUT2D eigenvalue weighted by molar-refractivity contribution is -0.193. The summed E-state index contributed by atoms with van der Waals surface area (Å²) in [7, 11) is -3.15. The van der Waals surface area contributed by atoms with Gasteiger partial charge in [-0.25, -0.2) is 8.42 Å². The van der Waals surface area contributed by atoms with Gasteiger partial charge in [0.15, 0.2) is 9.84 Å². The first-order chi connectivity index (χ1) is 11.0. The van der Waals surface area contributed by atoms with E-state index in [-0.39, 0.29) is 0 Å². The Labute approximate surface area is 143 Å². The molecule has 0 unspecified atom stereocenters. The fraction of sp³-hybridized carbons (Fsp3) is 0.385. The molecule has 0 atom stereocenters. The molecule has 0 fully saturated rings. The van der Waals surface area contributed by atoms with E-state index in [0.717, 1.165) is 0 Å². The Bertz CT molecular complexity index is 696. The van der Waals surface area contributed by atoms with Gasteiger partial charge in [0, 0.05) is 5.02 Å². The molecule has 0 aromatic heterocycles. The van der Waals surface area contributed by atoms with Crippen molar-refractivity contribution in [3.63, 3.8) is 0 Å². The van der Waals surface area contributed by atoms with Gasteiger partial charge in [0.25, 0.3) is 0 Å². The third kappa shape index (κ3) is 7.02. The fourth-order valence-electron chi connectivity index (χ4n) is 1.15. The van der Waals surface area contributed by atoms with Crippen LogP contribution in [-0.2, 0) is 19.4 Å². The van der Waals surface area contributed by atoms with Crippen LogP contribution in [0.4, 0.5) is 26.3 Å². The Kier molecular flexibility index (Phi) is 7.64. The zero-order valence-electron chi connectivity index (χ0n) is 12.6. The van der Waals surface area contributed by atoms with E-state index in [0.29, 0.717) is 9.92 Å². The monoisotopic (exact) mass is 412 g/mol. The molecule has 0 aliphatic rings. The third-order valence-corrected chi connectivity index (χ3v) is 4.91. The fourth-order valence-corrected chi connectivity index (χ4v) is 2.34. The molecule has 0 saturated heterocycles. The van der Waals surface area contributed by atoms with Crippen LogP contribution in [0, 0.1) is 0 Å². The average Bonchev–Trinajstić information content (AvgIpc) is 2.44. The van der Waals surface area contributed by atoms with E-state index in [9.17, 15) is 44.3 Å². The number of Topliss-reactive ketones (excluding diaryl/α,β-unsaturated/α-hetero) is 2. The van der Waals surface area contributed by atoms with E-state index in [1.807, 2.05) is 0 Å². The lowest BCUT2D eigenvalue weighted by Crippen LogP contribution is -2.39. The summed E-state index contributed by atoms with van der Waals surface area (Å²) in [5, 5.41) is 0.149. The predicted octanol–water partition coefficient (Wildman–Crippen LogP) is 3.77. The van der Waals surface area contributed by atoms with E-state index in [4.69, 9.17) is 11.6 Å². The van der Waals surface area contributed by atoms with Gasteiger partial charge >= 0.3 is 23.9 Å². The van der Waals surface area contributed by atoms with Crippen LogP contribution in [-0.4, -0.2) is 37.6 Å². The summed E-state index contributed by atoms with van der Waals surface area (Å²) in [4.78, 5) is 19.6. The predicted molar refractivity (Wildman–Crippen MR) is 75.9 cm³/mol. The molecule has 0 aliphatic carbocycles. The van der Waals surface area contributed by atoms with Gasteiger partial charge in [-0.3, -0.25) is 9.59 Å². The first kappa shape index (κ1) is 23.4. The van der Waals surface area contributed by atoms with Gasteiger partial charge in [-0.05, 0) is 38.1 Å². The lowest BCUT2D eigenvalue weighted by atomic mass is 10.2. The molecule has 12 heteroatoms. The Morgan fingerprint density at radius 3 is 1.44 bits per heavy atom. The van der Waals surface area contributed by atoms with Crippen LogP contribution in [0.15, 0.2) is 29.2 Å². The molecule has 0 N–H and O–H groups in total. The van der Waals surface area contributed by atoms with Gasteiger partial charge in [0.2, 0.25) is 0 Å². The molecular formula is C13H11ClF6O4S. The van der Waals surface area contributed by atoms with E-state index in [2.05, 4.69) is 0 Å². The van der Waals surface area contributed by atoms with Crippen molar-refractivity contribution in [1.82, 2.24) is 0 Å². The molecule has 0 aliphatic heterocycles.